The van der Waals surface area contributed by atoms with Crippen LogP contribution in [0.15, 0.2) is 6.07 Å². The minimum absolute atomic E-state index is 0.528. The molecule has 0 aromatic heterocycles. The Bertz CT molecular complexity index is 473. The topological polar surface area (TPSA) is 46.5 Å². The fraction of sp³-hybridized carbons (Fsp3) is 0.533. The Hall–Kier alpha value is -1.51. The fourth-order valence-electron chi connectivity index (χ4n) is 2.19. The SMILES string of the molecule is COc1c(C)cc(CC(C)(C)C(=O)O)c(C)c1C. The quantitative estimate of drug-likeness (QED) is 0.892. The summed E-state index contributed by atoms with van der Waals surface area (Å²) in [5.74, 6) is 0.123. The van der Waals surface area contributed by atoms with Crippen LogP contribution >= 0.6 is 0 Å². The first-order valence-corrected chi connectivity index (χ1v) is 6.07. The van der Waals surface area contributed by atoms with Crippen molar-refractivity contribution in [1.82, 2.24) is 0 Å². The normalized spacial score (nSPS) is 11.4. The number of benzene rings is 1. The van der Waals surface area contributed by atoms with Crippen LogP contribution in [0, 0.1) is 26.2 Å². The molecule has 0 aliphatic heterocycles. The molecule has 0 amide bonds. The Balaban J connectivity index is 3.24. The van der Waals surface area contributed by atoms with Gasteiger partial charge in [0.2, 0.25) is 0 Å². The van der Waals surface area contributed by atoms with Crippen LogP contribution in [0.5, 0.6) is 5.75 Å². The molecule has 0 radical (unpaired) electrons. The van der Waals surface area contributed by atoms with Gasteiger partial charge < -0.3 is 9.84 Å². The maximum Gasteiger partial charge on any atom is 0.309 e. The standard InChI is InChI=1S/C15H22O3/c1-9-7-12(8-15(4,5)14(16)17)10(2)11(3)13(9)18-6/h7H,8H2,1-6H3,(H,16,17). The van der Waals surface area contributed by atoms with E-state index >= 15 is 0 Å². The third kappa shape index (κ3) is 2.66. The zero-order valence-corrected chi connectivity index (χ0v) is 12.0. The summed E-state index contributed by atoms with van der Waals surface area (Å²) in [6, 6.07) is 2.03. The lowest BCUT2D eigenvalue weighted by molar-refractivity contribution is -0.146. The van der Waals surface area contributed by atoms with Crippen LogP contribution < -0.4 is 4.74 Å². The lowest BCUT2D eigenvalue weighted by atomic mass is 9.83. The Labute approximate surface area is 109 Å². The van der Waals surface area contributed by atoms with Gasteiger partial charge in [0.15, 0.2) is 0 Å². The Kier molecular flexibility index (Phi) is 4.05. The van der Waals surface area contributed by atoms with Gasteiger partial charge in [-0.2, -0.15) is 0 Å². The predicted molar refractivity (Wildman–Crippen MR) is 72.3 cm³/mol. The van der Waals surface area contributed by atoms with Gasteiger partial charge in [-0.05, 0) is 63.3 Å². The first-order chi connectivity index (χ1) is 8.20. The number of carboxylic acid groups (broad SMARTS) is 1. The monoisotopic (exact) mass is 250 g/mol. The van der Waals surface area contributed by atoms with Gasteiger partial charge in [-0.1, -0.05) is 6.07 Å². The van der Waals surface area contributed by atoms with Crippen LogP contribution in [-0.4, -0.2) is 18.2 Å². The van der Waals surface area contributed by atoms with E-state index in [2.05, 4.69) is 0 Å². The third-order valence-corrected chi connectivity index (χ3v) is 3.55. The molecule has 0 aliphatic rings. The number of carbonyl (C=O) groups is 1. The predicted octanol–water partition coefficient (Wildman–Crippen LogP) is 3.27. The van der Waals surface area contributed by atoms with E-state index in [1.807, 2.05) is 26.8 Å². The molecule has 1 rings (SSSR count). The number of methoxy groups -OCH3 is 1. The van der Waals surface area contributed by atoms with Crippen LogP contribution in [0.1, 0.15) is 36.1 Å². The first-order valence-electron chi connectivity index (χ1n) is 6.07. The summed E-state index contributed by atoms with van der Waals surface area (Å²) in [6.45, 7) is 9.53. The van der Waals surface area contributed by atoms with Gasteiger partial charge in [0.05, 0.1) is 12.5 Å². The van der Waals surface area contributed by atoms with E-state index in [1.165, 1.54) is 0 Å². The molecule has 3 nitrogen and oxygen atoms in total. The summed E-state index contributed by atoms with van der Waals surface area (Å²) < 4.78 is 5.37. The van der Waals surface area contributed by atoms with E-state index in [0.717, 1.165) is 28.0 Å². The molecule has 0 fully saturated rings. The second-order valence-electron chi connectivity index (χ2n) is 5.50. The van der Waals surface area contributed by atoms with Gasteiger partial charge in [-0.3, -0.25) is 4.79 Å². The zero-order valence-electron chi connectivity index (χ0n) is 12.0. The number of aliphatic carboxylic acids is 1. The van der Waals surface area contributed by atoms with Gasteiger partial charge in [0.1, 0.15) is 5.75 Å². The molecule has 100 valence electrons. The number of carboxylic acids is 1. The highest BCUT2D eigenvalue weighted by Crippen LogP contribution is 2.32. The number of ether oxygens (including phenoxy) is 1. The van der Waals surface area contributed by atoms with Crippen molar-refractivity contribution in [3.05, 3.63) is 28.3 Å². The zero-order chi connectivity index (χ0) is 14.1. The molecule has 0 aliphatic carbocycles. The molecule has 0 saturated carbocycles. The van der Waals surface area contributed by atoms with Gasteiger partial charge in [-0.25, -0.2) is 0 Å². The molecule has 0 unspecified atom stereocenters. The molecule has 1 N–H and O–H groups in total. The van der Waals surface area contributed by atoms with Crippen molar-refractivity contribution in [3.8, 4) is 5.75 Å². The number of hydrogen-bond donors (Lipinski definition) is 1. The summed E-state index contributed by atoms with van der Waals surface area (Å²) >= 11 is 0. The maximum absolute atomic E-state index is 11.2. The molecule has 1 aromatic carbocycles. The van der Waals surface area contributed by atoms with Crippen molar-refractivity contribution in [1.29, 1.82) is 0 Å². The minimum Gasteiger partial charge on any atom is -0.496 e. The van der Waals surface area contributed by atoms with Gasteiger partial charge in [-0.15, -0.1) is 0 Å². The van der Waals surface area contributed by atoms with Crippen molar-refractivity contribution in [3.63, 3.8) is 0 Å². The molecule has 3 heteroatoms. The van der Waals surface area contributed by atoms with Crippen LogP contribution in [-0.2, 0) is 11.2 Å². The first kappa shape index (κ1) is 14.6. The Morgan fingerprint density at radius 3 is 2.28 bits per heavy atom. The van der Waals surface area contributed by atoms with E-state index < -0.39 is 11.4 Å². The lowest BCUT2D eigenvalue weighted by Gasteiger charge is -2.22. The lowest BCUT2D eigenvalue weighted by Crippen LogP contribution is -2.26. The summed E-state index contributed by atoms with van der Waals surface area (Å²) in [5.41, 5.74) is 3.59. The minimum atomic E-state index is -0.770. The second kappa shape index (κ2) is 5.01. The highest BCUT2D eigenvalue weighted by Gasteiger charge is 2.28. The summed E-state index contributed by atoms with van der Waals surface area (Å²) in [7, 11) is 1.66. The van der Waals surface area contributed by atoms with Crippen molar-refractivity contribution in [2.45, 2.75) is 41.0 Å². The number of rotatable bonds is 4. The Morgan fingerprint density at radius 2 is 1.83 bits per heavy atom. The molecule has 0 atom stereocenters. The van der Waals surface area contributed by atoms with Crippen molar-refractivity contribution in [2.24, 2.45) is 5.41 Å². The molecule has 0 heterocycles. The van der Waals surface area contributed by atoms with E-state index in [0.29, 0.717) is 6.42 Å². The second-order valence-corrected chi connectivity index (χ2v) is 5.50. The fourth-order valence-corrected chi connectivity index (χ4v) is 2.19. The average molecular weight is 250 g/mol. The van der Waals surface area contributed by atoms with Crippen LogP contribution in [0.25, 0.3) is 0 Å². The third-order valence-electron chi connectivity index (χ3n) is 3.55. The highest BCUT2D eigenvalue weighted by molar-refractivity contribution is 5.74. The number of aryl methyl sites for hydroxylation is 1. The average Bonchev–Trinajstić information content (AvgIpc) is 2.25. The van der Waals surface area contributed by atoms with Crippen molar-refractivity contribution >= 4 is 5.97 Å². The molecular formula is C15H22O3. The summed E-state index contributed by atoms with van der Waals surface area (Å²) in [6.07, 6.45) is 0.528. The van der Waals surface area contributed by atoms with Crippen molar-refractivity contribution in [2.75, 3.05) is 7.11 Å². The largest absolute Gasteiger partial charge is 0.496 e. The smallest absolute Gasteiger partial charge is 0.309 e. The van der Waals surface area contributed by atoms with E-state index in [9.17, 15) is 9.90 Å². The van der Waals surface area contributed by atoms with Crippen LogP contribution in [0.2, 0.25) is 0 Å². The number of hydrogen-bond acceptors (Lipinski definition) is 2. The molecule has 0 spiro atoms. The van der Waals surface area contributed by atoms with Gasteiger partial charge in [0, 0.05) is 0 Å². The van der Waals surface area contributed by atoms with E-state index in [1.54, 1.807) is 21.0 Å². The molecule has 0 saturated heterocycles. The maximum atomic E-state index is 11.2. The molecule has 1 aromatic rings. The molecule has 0 bridgehead atoms. The highest BCUT2D eigenvalue weighted by atomic mass is 16.5. The van der Waals surface area contributed by atoms with Crippen LogP contribution in [0.4, 0.5) is 0 Å². The molecular weight excluding hydrogens is 228 g/mol. The Morgan fingerprint density at radius 1 is 1.28 bits per heavy atom. The van der Waals surface area contributed by atoms with E-state index in [-0.39, 0.29) is 0 Å². The summed E-state index contributed by atoms with van der Waals surface area (Å²) in [4.78, 5) is 11.2. The van der Waals surface area contributed by atoms with Crippen LogP contribution in [0.3, 0.4) is 0 Å². The summed E-state index contributed by atoms with van der Waals surface area (Å²) in [5, 5.41) is 9.21. The van der Waals surface area contributed by atoms with Crippen molar-refractivity contribution < 1.29 is 14.6 Å². The van der Waals surface area contributed by atoms with Gasteiger partial charge in [0.25, 0.3) is 0 Å². The van der Waals surface area contributed by atoms with E-state index in [4.69, 9.17) is 4.74 Å². The molecule has 18 heavy (non-hydrogen) atoms. The van der Waals surface area contributed by atoms with Gasteiger partial charge >= 0.3 is 5.97 Å².